The molecule has 0 unspecified atom stereocenters. The topological polar surface area (TPSA) is 47.0 Å². The van der Waals surface area contributed by atoms with Crippen molar-refractivity contribution >= 4 is 17.4 Å². The van der Waals surface area contributed by atoms with Crippen LogP contribution in [0.2, 0.25) is 5.02 Å². The van der Waals surface area contributed by atoms with Crippen molar-refractivity contribution in [3.63, 3.8) is 0 Å². The van der Waals surface area contributed by atoms with Crippen LogP contribution >= 0.6 is 11.6 Å². The predicted molar refractivity (Wildman–Crippen MR) is 116 cm³/mol. The highest BCUT2D eigenvalue weighted by Crippen LogP contribution is 2.34. The fourth-order valence-electron chi connectivity index (χ4n) is 2.90. The number of halogens is 3. The van der Waals surface area contributed by atoms with Crippen molar-refractivity contribution in [3.05, 3.63) is 82.3 Å². The first-order valence-corrected chi connectivity index (χ1v) is 9.90. The molecule has 1 heterocycles. The Kier molecular flexibility index (Phi) is 7.00. The Morgan fingerprint density at radius 3 is 2.53 bits per heavy atom. The van der Waals surface area contributed by atoms with Gasteiger partial charge in [-0.25, -0.2) is 13.8 Å². The summed E-state index contributed by atoms with van der Waals surface area (Å²) < 4.78 is 33.4. The number of benzene rings is 2. The highest BCUT2D eigenvalue weighted by atomic mass is 35.5. The standard InChI is InChI=1S/C23H22ClF2N3O/c1-4-6-15(3)30-22-10-16(18(24)9-14(22)2)21-12-29-23(13-27-21)28-11-17-19(25)7-5-8-20(17)26/h5-10,12-13H,4,11H2,1-3H3,(H,28,29)/b15-6-. The summed E-state index contributed by atoms with van der Waals surface area (Å²) in [5, 5.41) is 3.41. The van der Waals surface area contributed by atoms with Crippen molar-refractivity contribution in [3.8, 4) is 17.0 Å². The Morgan fingerprint density at radius 2 is 1.90 bits per heavy atom. The molecule has 0 spiro atoms. The minimum absolute atomic E-state index is 0.0428. The number of allylic oxidation sites excluding steroid dienone is 2. The molecule has 0 aliphatic heterocycles. The molecule has 3 rings (SSSR count). The summed E-state index contributed by atoms with van der Waals surface area (Å²) >= 11 is 6.41. The van der Waals surface area contributed by atoms with Crippen LogP contribution in [0.5, 0.6) is 5.75 Å². The molecular formula is C23H22ClF2N3O. The molecule has 7 heteroatoms. The van der Waals surface area contributed by atoms with Gasteiger partial charge >= 0.3 is 0 Å². The molecule has 3 aromatic rings. The predicted octanol–water partition coefficient (Wildman–Crippen LogP) is 6.69. The number of hydrogen-bond donors (Lipinski definition) is 1. The van der Waals surface area contributed by atoms with Crippen molar-refractivity contribution < 1.29 is 13.5 Å². The lowest BCUT2D eigenvalue weighted by atomic mass is 10.1. The van der Waals surface area contributed by atoms with Gasteiger partial charge in [0.25, 0.3) is 0 Å². The van der Waals surface area contributed by atoms with Gasteiger partial charge < -0.3 is 10.1 Å². The molecule has 1 aromatic heterocycles. The Balaban J connectivity index is 1.79. The molecule has 30 heavy (non-hydrogen) atoms. The summed E-state index contributed by atoms with van der Waals surface area (Å²) in [5.74, 6) is 0.662. The number of rotatable bonds is 7. The molecule has 0 aliphatic carbocycles. The summed E-state index contributed by atoms with van der Waals surface area (Å²) in [6.45, 7) is 5.82. The molecule has 0 bridgehead atoms. The van der Waals surface area contributed by atoms with E-state index in [1.54, 1.807) is 6.20 Å². The summed E-state index contributed by atoms with van der Waals surface area (Å²) in [4.78, 5) is 8.67. The van der Waals surface area contributed by atoms with Crippen LogP contribution in [0.4, 0.5) is 14.6 Å². The van der Waals surface area contributed by atoms with Crippen molar-refractivity contribution in [2.45, 2.75) is 33.7 Å². The third-order valence-electron chi connectivity index (χ3n) is 4.46. The van der Waals surface area contributed by atoms with Crippen LogP contribution in [-0.2, 0) is 6.54 Å². The maximum Gasteiger partial charge on any atom is 0.144 e. The van der Waals surface area contributed by atoms with Gasteiger partial charge in [-0.2, -0.15) is 0 Å². The Morgan fingerprint density at radius 1 is 1.17 bits per heavy atom. The summed E-state index contributed by atoms with van der Waals surface area (Å²) in [7, 11) is 0. The maximum atomic E-state index is 13.7. The summed E-state index contributed by atoms with van der Waals surface area (Å²) in [6.07, 6.45) is 5.91. The van der Waals surface area contributed by atoms with E-state index in [0.29, 0.717) is 27.8 Å². The van der Waals surface area contributed by atoms with E-state index in [9.17, 15) is 8.78 Å². The second-order valence-electron chi connectivity index (χ2n) is 6.76. The van der Waals surface area contributed by atoms with E-state index in [1.165, 1.54) is 24.4 Å². The van der Waals surface area contributed by atoms with Crippen LogP contribution in [0.25, 0.3) is 11.3 Å². The van der Waals surface area contributed by atoms with Crippen LogP contribution in [0.3, 0.4) is 0 Å². The van der Waals surface area contributed by atoms with Gasteiger partial charge in [0.2, 0.25) is 0 Å². The monoisotopic (exact) mass is 429 g/mol. The average Bonchev–Trinajstić information content (AvgIpc) is 2.70. The summed E-state index contributed by atoms with van der Waals surface area (Å²) in [6, 6.07) is 7.40. The van der Waals surface area contributed by atoms with E-state index in [0.717, 1.165) is 17.7 Å². The summed E-state index contributed by atoms with van der Waals surface area (Å²) in [5.41, 5.74) is 2.10. The molecule has 0 amide bonds. The van der Waals surface area contributed by atoms with Gasteiger partial charge in [0.15, 0.2) is 0 Å². The first-order valence-electron chi connectivity index (χ1n) is 9.53. The number of aryl methyl sites for hydroxylation is 1. The van der Waals surface area contributed by atoms with E-state index in [2.05, 4.69) is 15.3 Å². The molecular weight excluding hydrogens is 408 g/mol. The van der Waals surface area contributed by atoms with E-state index in [4.69, 9.17) is 16.3 Å². The lowest BCUT2D eigenvalue weighted by molar-refractivity contribution is 0.422. The van der Waals surface area contributed by atoms with E-state index < -0.39 is 11.6 Å². The fraction of sp³-hybridized carbons (Fsp3) is 0.217. The number of nitrogens with one attached hydrogen (secondary N) is 1. The first kappa shape index (κ1) is 21.7. The second-order valence-corrected chi connectivity index (χ2v) is 7.17. The fourth-order valence-corrected chi connectivity index (χ4v) is 3.22. The smallest absolute Gasteiger partial charge is 0.144 e. The Labute approximate surface area is 179 Å². The third kappa shape index (κ3) is 5.13. The lowest BCUT2D eigenvalue weighted by Gasteiger charge is -2.13. The second kappa shape index (κ2) is 9.67. The molecule has 0 radical (unpaired) electrons. The molecule has 156 valence electrons. The lowest BCUT2D eigenvalue weighted by Crippen LogP contribution is -2.06. The molecule has 0 aliphatic rings. The largest absolute Gasteiger partial charge is 0.462 e. The van der Waals surface area contributed by atoms with Crippen LogP contribution in [0, 0.1) is 18.6 Å². The van der Waals surface area contributed by atoms with Gasteiger partial charge in [-0.3, -0.25) is 4.98 Å². The number of ether oxygens (including phenoxy) is 1. The Hall–Kier alpha value is -2.99. The number of hydrogen-bond acceptors (Lipinski definition) is 4. The quantitative estimate of drug-likeness (QED) is 0.425. The number of anilines is 1. The number of aromatic nitrogens is 2. The van der Waals surface area contributed by atoms with Crippen molar-refractivity contribution in [2.75, 3.05) is 5.32 Å². The van der Waals surface area contributed by atoms with E-state index in [1.807, 2.05) is 39.0 Å². The van der Waals surface area contributed by atoms with Crippen LogP contribution in [-0.4, -0.2) is 9.97 Å². The average molecular weight is 430 g/mol. The SMILES string of the molecule is CC/C=C(/C)Oc1cc(-c2cnc(NCc3c(F)cccc3F)cn2)c(Cl)cc1C. The minimum Gasteiger partial charge on any atom is -0.462 e. The van der Waals surface area contributed by atoms with Crippen LogP contribution in [0.15, 0.2) is 54.6 Å². The van der Waals surface area contributed by atoms with E-state index in [-0.39, 0.29) is 12.1 Å². The third-order valence-corrected chi connectivity index (χ3v) is 4.78. The maximum absolute atomic E-state index is 13.7. The molecule has 2 aromatic carbocycles. The normalized spacial score (nSPS) is 11.5. The molecule has 1 N–H and O–H groups in total. The molecule has 4 nitrogen and oxygen atoms in total. The van der Waals surface area contributed by atoms with Crippen LogP contribution < -0.4 is 10.1 Å². The molecule has 0 fully saturated rings. The molecule has 0 saturated heterocycles. The van der Waals surface area contributed by atoms with Crippen molar-refractivity contribution in [2.24, 2.45) is 0 Å². The van der Waals surface area contributed by atoms with Crippen LogP contribution in [0.1, 0.15) is 31.4 Å². The zero-order valence-electron chi connectivity index (χ0n) is 17.0. The van der Waals surface area contributed by atoms with Gasteiger partial charge in [-0.1, -0.05) is 24.6 Å². The van der Waals surface area contributed by atoms with Gasteiger partial charge in [0.1, 0.15) is 23.2 Å². The number of nitrogens with zero attached hydrogens (tertiary/aromatic N) is 2. The van der Waals surface area contributed by atoms with Gasteiger partial charge in [-0.15, -0.1) is 0 Å². The highest BCUT2D eigenvalue weighted by molar-refractivity contribution is 6.33. The van der Waals surface area contributed by atoms with Gasteiger partial charge in [0.05, 0.1) is 28.9 Å². The zero-order valence-corrected chi connectivity index (χ0v) is 17.7. The minimum atomic E-state index is -0.613. The Bertz CT molecular complexity index is 1050. The van der Waals surface area contributed by atoms with E-state index >= 15 is 0 Å². The van der Waals surface area contributed by atoms with Gasteiger partial charge in [-0.05, 0) is 56.2 Å². The molecule has 0 atom stereocenters. The van der Waals surface area contributed by atoms with Crippen molar-refractivity contribution in [1.29, 1.82) is 0 Å². The first-order chi connectivity index (χ1) is 14.4. The highest BCUT2D eigenvalue weighted by Gasteiger charge is 2.12. The van der Waals surface area contributed by atoms with Crippen molar-refractivity contribution in [1.82, 2.24) is 9.97 Å². The van der Waals surface area contributed by atoms with Gasteiger partial charge in [0, 0.05) is 17.7 Å². The zero-order chi connectivity index (χ0) is 21.7. The molecule has 0 saturated carbocycles.